The Bertz CT molecular complexity index is 1160. The van der Waals surface area contributed by atoms with E-state index in [9.17, 15) is 9.59 Å². The maximum absolute atomic E-state index is 11.7. The molecule has 0 saturated heterocycles. The quantitative estimate of drug-likeness (QED) is 0.289. The van der Waals surface area contributed by atoms with Crippen molar-refractivity contribution >= 4 is 17.1 Å². The molecule has 2 heteroatoms. The van der Waals surface area contributed by atoms with Crippen LogP contribution < -0.4 is 0 Å². The third kappa shape index (κ3) is 4.91. The van der Waals surface area contributed by atoms with Crippen LogP contribution in [0.5, 0.6) is 0 Å². The van der Waals surface area contributed by atoms with Crippen LogP contribution in [-0.4, -0.2) is 11.6 Å². The standard InChI is InChI=1S/C31H26O2/c1-20(2)23-5-11-26(12-6-23)29-17-30(27-13-7-24(8-14-27)21(3)32)19-31(18-29)28-15-9-25(10-16-28)22(4)33/h5-19H,1H2,2-4H3. The summed E-state index contributed by atoms with van der Waals surface area (Å²) in [5, 5.41) is 0. The second-order valence-electron chi connectivity index (χ2n) is 8.42. The van der Waals surface area contributed by atoms with Gasteiger partial charge in [-0.05, 0) is 77.9 Å². The summed E-state index contributed by atoms with van der Waals surface area (Å²) < 4.78 is 0. The Morgan fingerprint density at radius 3 is 0.970 bits per heavy atom. The first-order chi connectivity index (χ1) is 15.8. The van der Waals surface area contributed by atoms with Gasteiger partial charge in [-0.25, -0.2) is 0 Å². The fourth-order valence-corrected chi connectivity index (χ4v) is 3.87. The van der Waals surface area contributed by atoms with Crippen molar-refractivity contribution in [2.75, 3.05) is 0 Å². The number of Topliss-reactive ketones (excluding diaryl/α,β-unsaturated/α-hetero) is 2. The Morgan fingerprint density at radius 2 is 0.727 bits per heavy atom. The zero-order chi connectivity index (χ0) is 23.5. The van der Waals surface area contributed by atoms with E-state index in [0.29, 0.717) is 11.1 Å². The average molecular weight is 431 g/mol. The number of ketones is 2. The van der Waals surface area contributed by atoms with Gasteiger partial charge >= 0.3 is 0 Å². The van der Waals surface area contributed by atoms with Gasteiger partial charge in [0.15, 0.2) is 11.6 Å². The van der Waals surface area contributed by atoms with Gasteiger partial charge in [-0.2, -0.15) is 0 Å². The molecule has 162 valence electrons. The fraction of sp³-hybridized carbons (Fsp3) is 0.0968. The minimum atomic E-state index is 0.0548. The molecule has 0 radical (unpaired) electrons. The van der Waals surface area contributed by atoms with Crippen molar-refractivity contribution in [3.05, 3.63) is 114 Å². The van der Waals surface area contributed by atoms with Crippen LogP contribution in [0.25, 0.3) is 39.0 Å². The van der Waals surface area contributed by atoms with Crippen LogP contribution >= 0.6 is 0 Å². The molecule has 0 aliphatic heterocycles. The number of allylic oxidation sites excluding steroid dienone is 1. The van der Waals surface area contributed by atoms with Gasteiger partial charge in [-0.3, -0.25) is 9.59 Å². The first kappa shape index (κ1) is 22.2. The lowest BCUT2D eigenvalue weighted by atomic mass is 9.92. The molecule has 0 bridgehead atoms. The van der Waals surface area contributed by atoms with Crippen molar-refractivity contribution < 1.29 is 9.59 Å². The Morgan fingerprint density at radius 1 is 0.455 bits per heavy atom. The van der Waals surface area contributed by atoms with Gasteiger partial charge in [0.1, 0.15) is 0 Å². The van der Waals surface area contributed by atoms with E-state index in [2.05, 4.69) is 49.0 Å². The van der Waals surface area contributed by atoms with Crippen LogP contribution in [0.1, 0.15) is 47.1 Å². The lowest BCUT2D eigenvalue weighted by Gasteiger charge is -2.12. The molecule has 0 atom stereocenters. The predicted octanol–water partition coefficient (Wildman–Crippen LogP) is 8.13. The van der Waals surface area contributed by atoms with Crippen molar-refractivity contribution in [2.24, 2.45) is 0 Å². The van der Waals surface area contributed by atoms with E-state index in [0.717, 1.165) is 44.5 Å². The number of carbonyl (C=O) groups is 2. The van der Waals surface area contributed by atoms with Crippen LogP contribution in [0.2, 0.25) is 0 Å². The summed E-state index contributed by atoms with van der Waals surface area (Å²) in [6, 6.07) is 30.3. The third-order valence-electron chi connectivity index (χ3n) is 5.89. The van der Waals surface area contributed by atoms with Crippen molar-refractivity contribution in [1.29, 1.82) is 0 Å². The summed E-state index contributed by atoms with van der Waals surface area (Å²) in [6.45, 7) is 9.18. The molecule has 0 spiro atoms. The van der Waals surface area contributed by atoms with Crippen LogP contribution in [0, 0.1) is 0 Å². The number of hydrogen-bond acceptors (Lipinski definition) is 2. The first-order valence-corrected chi connectivity index (χ1v) is 11.0. The summed E-state index contributed by atoms with van der Waals surface area (Å²) >= 11 is 0. The summed E-state index contributed by atoms with van der Waals surface area (Å²) in [5.74, 6) is 0.110. The van der Waals surface area contributed by atoms with Crippen LogP contribution in [0.15, 0.2) is 97.6 Å². The second-order valence-corrected chi connectivity index (χ2v) is 8.42. The van der Waals surface area contributed by atoms with Crippen molar-refractivity contribution in [2.45, 2.75) is 20.8 Å². The highest BCUT2D eigenvalue weighted by atomic mass is 16.1. The fourth-order valence-electron chi connectivity index (χ4n) is 3.87. The highest BCUT2D eigenvalue weighted by molar-refractivity contribution is 5.95. The molecule has 0 unspecified atom stereocenters. The smallest absolute Gasteiger partial charge is 0.159 e. The lowest BCUT2D eigenvalue weighted by molar-refractivity contribution is 0.100. The molecule has 0 saturated carbocycles. The van der Waals surface area contributed by atoms with E-state index in [-0.39, 0.29) is 11.6 Å². The minimum Gasteiger partial charge on any atom is -0.295 e. The lowest BCUT2D eigenvalue weighted by Crippen LogP contribution is -1.92. The van der Waals surface area contributed by atoms with Crippen LogP contribution in [-0.2, 0) is 0 Å². The van der Waals surface area contributed by atoms with Gasteiger partial charge < -0.3 is 0 Å². The van der Waals surface area contributed by atoms with E-state index in [1.807, 2.05) is 55.5 Å². The maximum atomic E-state index is 11.7. The molecule has 0 aliphatic carbocycles. The Balaban J connectivity index is 1.84. The molecule has 0 heterocycles. The van der Waals surface area contributed by atoms with E-state index < -0.39 is 0 Å². The molecule has 0 N–H and O–H groups in total. The molecular weight excluding hydrogens is 404 g/mol. The highest BCUT2D eigenvalue weighted by Crippen LogP contribution is 2.33. The van der Waals surface area contributed by atoms with Gasteiger partial charge in [0.25, 0.3) is 0 Å². The minimum absolute atomic E-state index is 0.0548. The molecule has 0 aliphatic rings. The average Bonchev–Trinajstić information content (AvgIpc) is 2.84. The predicted molar refractivity (Wildman–Crippen MR) is 137 cm³/mol. The normalized spacial score (nSPS) is 10.6. The van der Waals surface area contributed by atoms with Gasteiger partial charge in [-0.1, -0.05) is 84.9 Å². The zero-order valence-corrected chi connectivity index (χ0v) is 19.2. The van der Waals surface area contributed by atoms with E-state index in [1.165, 1.54) is 0 Å². The Labute approximate surface area is 195 Å². The molecule has 33 heavy (non-hydrogen) atoms. The number of carbonyl (C=O) groups excluding carboxylic acids is 2. The second kappa shape index (κ2) is 9.22. The van der Waals surface area contributed by atoms with Gasteiger partial charge in [0.05, 0.1) is 0 Å². The number of benzene rings is 4. The van der Waals surface area contributed by atoms with Gasteiger partial charge in [0.2, 0.25) is 0 Å². The maximum Gasteiger partial charge on any atom is 0.159 e. The summed E-state index contributed by atoms with van der Waals surface area (Å²) in [4.78, 5) is 23.4. The summed E-state index contributed by atoms with van der Waals surface area (Å²) in [7, 11) is 0. The van der Waals surface area contributed by atoms with Crippen LogP contribution in [0.3, 0.4) is 0 Å². The Kier molecular flexibility index (Phi) is 6.19. The molecule has 0 amide bonds. The summed E-state index contributed by atoms with van der Waals surface area (Å²) in [6.07, 6.45) is 0. The Hall–Kier alpha value is -4.04. The zero-order valence-electron chi connectivity index (χ0n) is 19.2. The van der Waals surface area contributed by atoms with Gasteiger partial charge in [0, 0.05) is 11.1 Å². The highest BCUT2D eigenvalue weighted by Gasteiger charge is 2.09. The van der Waals surface area contributed by atoms with Crippen molar-refractivity contribution in [1.82, 2.24) is 0 Å². The third-order valence-corrected chi connectivity index (χ3v) is 5.89. The first-order valence-electron chi connectivity index (χ1n) is 11.0. The molecular formula is C31H26O2. The topological polar surface area (TPSA) is 34.1 Å². The van der Waals surface area contributed by atoms with E-state index in [4.69, 9.17) is 0 Å². The monoisotopic (exact) mass is 430 g/mol. The number of hydrogen-bond donors (Lipinski definition) is 0. The molecule has 2 nitrogen and oxygen atoms in total. The molecule has 4 aromatic rings. The van der Waals surface area contributed by atoms with Gasteiger partial charge in [-0.15, -0.1) is 0 Å². The SMILES string of the molecule is C=C(C)c1ccc(-c2cc(-c3ccc(C(C)=O)cc3)cc(-c3ccc(C(C)=O)cc3)c2)cc1. The van der Waals surface area contributed by atoms with Crippen molar-refractivity contribution in [3.8, 4) is 33.4 Å². The molecule has 4 rings (SSSR count). The van der Waals surface area contributed by atoms with Crippen molar-refractivity contribution in [3.63, 3.8) is 0 Å². The number of rotatable bonds is 6. The summed E-state index contributed by atoms with van der Waals surface area (Å²) in [5.41, 5.74) is 9.99. The molecule has 0 fully saturated rings. The van der Waals surface area contributed by atoms with E-state index in [1.54, 1.807) is 13.8 Å². The van der Waals surface area contributed by atoms with E-state index >= 15 is 0 Å². The molecule has 0 aromatic heterocycles. The molecule has 4 aromatic carbocycles. The largest absolute Gasteiger partial charge is 0.295 e. The van der Waals surface area contributed by atoms with Crippen LogP contribution in [0.4, 0.5) is 0 Å².